The number of para-hydroxylation sites is 2. The zero-order chi connectivity index (χ0) is 42.6. The van der Waals surface area contributed by atoms with Crippen LogP contribution < -0.4 is 4.90 Å². The Bertz CT molecular complexity index is 3340. The molecule has 1 aromatic heterocycles. The van der Waals surface area contributed by atoms with Gasteiger partial charge in [0.1, 0.15) is 0 Å². The second-order valence-corrected chi connectivity index (χ2v) is 17.4. The number of nitrogens with zero attached hydrogens (tertiary/aromatic N) is 2. The van der Waals surface area contributed by atoms with E-state index < -0.39 is 5.41 Å². The van der Waals surface area contributed by atoms with E-state index in [1.807, 2.05) is 0 Å². The highest BCUT2D eigenvalue weighted by molar-refractivity contribution is 6.10. The molecule has 1 atom stereocenters. The molecule has 0 bridgehead atoms. The van der Waals surface area contributed by atoms with E-state index in [1.165, 1.54) is 83.1 Å². The highest BCUT2D eigenvalue weighted by Gasteiger charge is 2.48. The quantitative estimate of drug-likeness (QED) is 0.148. The first kappa shape index (κ1) is 37.8. The summed E-state index contributed by atoms with van der Waals surface area (Å²) in [4.78, 5) is 2.44. The van der Waals surface area contributed by atoms with Crippen LogP contribution in [-0.2, 0) is 5.41 Å². The van der Waals surface area contributed by atoms with Gasteiger partial charge in [-0.15, -0.1) is 0 Å². The maximum atomic E-state index is 2.49. The highest BCUT2D eigenvalue weighted by atomic mass is 15.1. The predicted molar refractivity (Wildman–Crippen MR) is 269 cm³/mol. The lowest BCUT2D eigenvalue weighted by atomic mass is 9.64. The van der Waals surface area contributed by atoms with E-state index in [0.717, 1.165) is 23.5 Å². The summed E-state index contributed by atoms with van der Waals surface area (Å²) in [5, 5.41) is 2.50. The molecule has 64 heavy (non-hydrogen) atoms. The molecule has 0 radical (unpaired) electrons. The number of anilines is 3. The Morgan fingerprint density at radius 3 is 1.62 bits per heavy atom. The van der Waals surface area contributed by atoms with Crippen molar-refractivity contribution < 1.29 is 0 Å². The zero-order valence-corrected chi connectivity index (χ0v) is 35.8. The fourth-order valence-electron chi connectivity index (χ4n) is 10.7. The van der Waals surface area contributed by atoms with E-state index in [2.05, 4.69) is 259 Å². The van der Waals surface area contributed by atoms with Crippen molar-refractivity contribution in [2.45, 2.75) is 18.8 Å². The Morgan fingerprint density at radius 2 is 0.969 bits per heavy atom. The van der Waals surface area contributed by atoms with Crippen molar-refractivity contribution in [3.8, 4) is 27.9 Å². The van der Waals surface area contributed by atoms with Gasteiger partial charge in [-0.2, -0.15) is 0 Å². The van der Waals surface area contributed by atoms with Crippen LogP contribution in [0.3, 0.4) is 0 Å². The summed E-state index contributed by atoms with van der Waals surface area (Å²) < 4.78 is 2.38. The minimum Gasteiger partial charge on any atom is -0.310 e. The molecule has 12 rings (SSSR count). The van der Waals surface area contributed by atoms with Crippen LogP contribution in [0.25, 0.3) is 55.3 Å². The second-order valence-electron chi connectivity index (χ2n) is 17.4. The van der Waals surface area contributed by atoms with E-state index in [0.29, 0.717) is 5.92 Å². The summed E-state index contributed by atoms with van der Waals surface area (Å²) in [7, 11) is 0. The Hall–Kier alpha value is -7.94. The van der Waals surface area contributed by atoms with E-state index in [-0.39, 0.29) is 0 Å². The lowest BCUT2D eigenvalue weighted by molar-refractivity contribution is 0.622. The molecule has 2 heteroatoms. The van der Waals surface area contributed by atoms with Gasteiger partial charge >= 0.3 is 0 Å². The van der Waals surface area contributed by atoms with Crippen molar-refractivity contribution in [2.24, 2.45) is 5.92 Å². The van der Waals surface area contributed by atoms with Crippen LogP contribution in [-0.4, -0.2) is 4.57 Å². The molecule has 0 saturated heterocycles. The molecule has 1 unspecified atom stereocenters. The van der Waals surface area contributed by atoms with Crippen molar-refractivity contribution in [3.05, 3.63) is 271 Å². The molecule has 0 aliphatic heterocycles. The number of hydrogen-bond donors (Lipinski definition) is 0. The van der Waals surface area contributed by atoms with Crippen LogP contribution in [0.4, 0.5) is 17.1 Å². The summed E-state index contributed by atoms with van der Waals surface area (Å²) >= 11 is 0. The monoisotopic (exact) mass is 818 g/mol. The molecule has 0 N–H and O–H groups in total. The molecule has 0 fully saturated rings. The second kappa shape index (κ2) is 15.4. The summed E-state index contributed by atoms with van der Waals surface area (Å²) in [5.74, 6) is 0.445. The third kappa shape index (κ3) is 6.09. The first-order valence-electron chi connectivity index (χ1n) is 22.5. The molecule has 2 nitrogen and oxygen atoms in total. The van der Waals surface area contributed by atoms with Gasteiger partial charge in [-0.05, 0) is 135 Å². The van der Waals surface area contributed by atoms with E-state index in [4.69, 9.17) is 0 Å². The first-order chi connectivity index (χ1) is 31.6. The van der Waals surface area contributed by atoms with Gasteiger partial charge in [-0.25, -0.2) is 0 Å². The Labute approximate surface area is 375 Å². The molecule has 304 valence electrons. The highest BCUT2D eigenvalue weighted by Crippen LogP contribution is 2.58. The van der Waals surface area contributed by atoms with Crippen molar-refractivity contribution in [3.63, 3.8) is 0 Å². The van der Waals surface area contributed by atoms with E-state index in [1.54, 1.807) is 0 Å². The van der Waals surface area contributed by atoms with E-state index >= 15 is 0 Å². The Balaban J connectivity index is 1.01. The number of benzene rings is 9. The van der Waals surface area contributed by atoms with Crippen LogP contribution in [0.2, 0.25) is 0 Å². The lowest BCUT2D eigenvalue weighted by Crippen LogP contribution is -2.31. The van der Waals surface area contributed by atoms with Crippen molar-refractivity contribution in [2.75, 3.05) is 4.90 Å². The molecule has 2 aliphatic carbocycles. The minimum atomic E-state index is -0.433. The molecule has 0 spiro atoms. The van der Waals surface area contributed by atoms with Gasteiger partial charge in [-0.1, -0.05) is 183 Å². The molecular formula is C62H46N2. The average molecular weight is 819 g/mol. The van der Waals surface area contributed by atoms with Crippen LogP contribution in [0.5, 0.6) is 0 Å². The minimum absolute atomic E-state index is 0.433. The van der Waals surface area contributed by atoms with Crippen molar-refractivity contribution >= 4 is 44.4 Å². The Kier molecular flexibility index (Phi) is 9.12. The normalized spacial score (nSPS) is 15.0. The fraction of sp³-hybridized carbons (Fsp3) is 0.0645. The summed E-state index contributed by atoms with van der Waals surface area (Å²) in [6.07, 6.45) is 5.79. The third-order valence-electron chi connectivity index (χ3n) is 13.6. The van der Waals surface area contributed by atoms with Gasteiger partial charge in [0.05, 0.1) is 16.4 Å². The van der Waals surface area contributed by atoms with Crippen molar-refractivity contribution in [1.82, 2.24) is 4.57 Å². The summed E-state index contributed by atoms with van der Waals surface area (Å²) in [5.41, 5.74) is 19.4. The van der Waals surface area contributed by atoms with Crippen LogP contribution in [0, 0.1) is 5.92 Å². The number of fused-ring (bicyclic) bond motifs is 5. The van der Waals surface area contributed by atoms with Gasteiger partial charge < -0.3 is 9.47 Å². The van der Waals surface area contributed by atoms with E-state index in [9.17, 15) is 0 Å². The molecule has 10 aromatic rings. The smallest absolute Gasteiger partial charge is 0.0677 e. The van der Waals surface area contributed by atoms with Gasteiger partial charge in [0, 0.05) is 33.5 Å². The first-order valence-corrected chi connectivity index (χ1v) is 22.5. The van der Waals surface area contributed by atoms with Crippen LogP contribution in [0.1, 0.15) is 35.6 Å². The van der Waals surface area contributed by atoms with Gasteiger partial charge in [0.2, 0.25) is 0 Å². The maximum absolute atomic E-state index is 2.49. The molecule has 2 aliphatic rings. The molecule has 0 saturated carbocycles. The van der Waals surface area contributed by atoms with Crippen LogP contribution in [0.15, 0.2) is 248 Å². The van der Waals surface area contributed by atoms with Gasteiger partial charge in [0.15, 0.2) is 0 Å². The molecule has 0 amide bonds. The number of aromatic nitrogens is 1. The number of allylic oxidation sites excluding steroid dienone is 4. The average Bonchev–Trinajstić information content (AvgIpc) is 3.85. The molecule has 9 aromatic carbocycles. The summed E-state index contributed by atoms with van der Waals surface area (Å²) in [6, 6.07) is 84.8. The Morgan fingerprint density at radius 1 is 0.453 bits per heavy atom. The maximum Gasteiger partial charge on any atom is 0.0677 e. The van der Waals surface area contributed by atoms with Crippen LogP contribution >= 0.6 is 0 Å². The topological polar surface area (TPSA) is 8.17 Å². The fourth-order valence-corrected chi connectivity index (χ4v) is 10.7. The SMILES string of the molecule is CC1C=CC2=C(C1)C(c1ccccc1)(c1ccccc1)c1cc(N(c3ccc(-c4ccccc4)cc3)c3ccc(-c4ccc5c(c4)c4ccccc4n5-c4ccccc4)cc3)ccc12. The zero-order valence-electron chi connectivity index (χ0n) is 35.8. The largest absolute Gasteiger partial charge is 0.310 e. The van der Waals surface area contributed by atoms with Gasteiger partial charge in [0.25, 0.3) is 0 Å². The number of rotatable bonds is 8. The van der Waals surface area contributed by atoms with Gasteiger partial charge in [-0.3, -0.25) is 0 Å². The summed E-state index contributed by atoms with van der Waals surface area (Å²) in [6.45, 7) is 2.35. The lowest BCUT2D eigenvalue weighted by Gasteiger charge is -2.38. The molecular weight excluding hydrogens is 773 g/mol. The molecule has 1 heterocycles. The number of hydrogen-bond acceptors (Lipinski definition) is 1. The predicted octanol–water partition coefficient (Wildman–Crippen LogP) is 16.3. The third-order valence-corrected chi connectivity index (χ3v) is 13.6. The van der Waals surface area contributed by atoms with Crippen molar-refractivity contribution in [1.29, 1.82) is 0 Å². The standard InChI is InChI=1S/C62H46N2/c1-43-26-37-54-55-38-36-53(42-59(55)62(58(54)40-43,48-18-8-3-9-19-48)49-20-10-4-11-21-49)63(51-32-27-45(28-33-51)44-16-6-2-7-17-44)52-34-29-46(30-35-52)47-31-39-61-57(41-47)56-24-14-15-25-60(56)64(61)50-22-12-5-13-23-50/h2-39,41-43H,40H2,1H3.